The van der Waals surface area contributed by atoms with Crippen LogP contribution in [-0.2, 0) is 9.59 Å². The lowest BCUT2D eigenvalue weighted by Gasteiger charge is -2.22. The van der Waals surface area contributed by atoms with Crippen molar-refractivity contribution in [2.75, 3.05) is 18.5 Å². The summed E-state index contributed by atoms with van der Waals surface area (Å²) in [4.78, 5) is 36.9. The van der Waals surface area contributed by atoms with Gasteiger partial charge in [0.05, 0.1) is 10.6 Å². The molecule has 0 heterocycles. The predicted molar refractivity (Wildman–Crippen MR) is 117 cm³/mol. The first kappa shape index (κ1) is 23.2. The fourth-order valence-electron chi connectivity index (χ4n) is 2.68. The van der Waals surface area contributed by atoms with E-state index in [0.29, 0.717) is 28.6 Å². The zero-order chi connectivity index (χ0) is 22.1. The second kappa shape index (κ2) is 11.2. The Morgan fingerprint density at radius 3 is 2.47 bits per heavy atom. The van der Waals surface area contributed by atoms with E-state index in [0.717, 1.165) is 0 Å². The molecular weight excluding hydrogens is 406 g/mol. The highest BCUT2D eigenvalue weighted by Crippen LogP contribution is 2.19. The van der Waals surface area contributed by atoms with Crippen molar-refractivity contribution >= 4 is 35.0 Å². The van der Waals surface area contributed by atoms with E-state index < -0.39 is 11.9 Å². The molecule has 0 aromatic heterocycles. The molecule has 0 fully saturated rings. The fraction of sp³-hybridized carbons (Fsp3) is 0.318. The highest BCUT2D eigenvalue weighted by Gasteiger charge is 2.25. The summed E-state index contributed by atoms with van der Waals surface area (Å²) in [6.45, 7) is 5.90. The number of hydrogen-bond donors (Lipinski definition) is 3. The molecule has 0 bridgehead atoms. The minimum absolute atomic E-state index is 0.117. The van der Waals surface area contributed by atoms with Crippen LogP contribution in [0, 0.1) is 5.92 Å². The van der Waals surface area contributed by atoms with Crippen LogP contribution in [0.2, 0.25) is 5.02 Å². The van der Waals surface area contributed by atoms with E-state index in [1.54, 1.807) is 48.5 Å². The monoisotopic (exact) mass is 431 g/mol. The standard InChI is InChI=1S/C22H26ClN3O4/c1-4-24-19(27)13-30-16-9-7-8-15(12-16)25-22(29)20(14(2)3)26-21(28)17-10-5-6-11-18(17)23/h5-12,14,20H,4,13H2,1-3H3,(H,24,27)(H,25,29)(H,26,28). The normalized spacial score (nSPS) is 11.5. The van der Waals surface area contributed by atoms with Gasteiger partial charge in [0.25, 0.3) is 11.8 Å². The predicted octanol–water partition coefficient (Wildman–Crippen LogP) is 3.25. The minimum Gasteiger partial charge on any atom is -0.484 e. The Hall–Kier alpha value is -3.06. The molecule has 3 N–H and O–H groups in total. The van der Waals surface area contributed by atoms with Gasteiger partial charge in [0.2, 0.25) is 5.91 Å². The molecule has 2 aromatic carbocycles. The Kier molecular flexibility index (Phi) is 8.68. The van der Waals surface area contributed by atoms with Crippen molar-refractivity contribution in [2.45, 2.75) is 26.8 Å². The maximum Gasteiger partial charge on any atom is 0.257 e. The van der Waals surface area contributed by atoms with Gasteiger partial charge in [-0.3, -0.25) is 14.4 Å². The quantitative estimate of drug-likeness (QED) is 0.567. The molecule has 0 aliphatic heterocycles. The third-order valence-electron chi connectivity index (χ3n) is 4.20. The third-order valence-corrected chi connectivity index (χ3v) is 4.53. The summed E-state index contributed by atoms with van der Waals surface area (Å²) in [6.07, 6.45) is 0. The summed E-state index contributed by atoms with van der Waals surface area (Å²) in [5.41, 5.74) is 0.796. The molecule has 30 heavy (non-hydrogen) atoms. The minimum atomic E-state index is -0.770. The Morgan fingerprint density at radius 2 is 1.80 bits per heavy atom. The molecule has 0 radical (unpaired) electrons. The first-order valence-electron chi connectivity index (χ1n) is 9.67. The number of carbonyl (C=O) groups excluding carboxylic acids is 3. The van der Waals surface area contributed by atoms with Crippen LogP contribution in [0.25, 0.3) is 0 Å². The molecule has 0 aliphatic carbocycles. The number of anilines is 1. The molecule has 2 rings (SSSR count). The lowest BCUT2D eigenvalue weighted by atomic mass is 10.0. The van der Waals surface area contributed by atoms with Crippen molar-refractivity contribution in [3.05, 3.63) is 59.1 Å². The molecular formula is C22H26ClN3O4. The molecule has 160 valence electrons. The summed E-state index contributed by atoms with van der Waals surface area (Å²) >= 11 is 6.08. The van der Waals surface area contributed by atoms with Crippen molar-refractivity contribution in [3.8, 4) is 5.75 Å². The number of ether oxygens (including phenoxy) is 1. The van der Waals surface area contributed by atoms with Gasteiger partial charge < -0.3 is 20.7 Å². The first-order chi connectivity index (χ1) is 14.3. The highest BCUT2D eigenvalue weighted by atomic mass is 35.5. The highest BCUT2D eigenvalue weighted by molar-refractivity contribution is 6.33. The number of halogens is 1. The van der Waals surface area contributed by atoms with Crippen molar-refractivity contribution in [1.29, 1.82) is 0 Å². The largest absolute Gasteiger partial charge is 0.484 e. The van der Waals surface area contributed by atoms with E-state index in [1.807, 2.05) is 20.8 Å². The Labute approximate surface area is 181 Å². The molecule has 0 aliphatic rings. The van der Waals surface area contributed by atoms with Crippen LogP contribution < -0.4 is 20.7 Å². The SMILES string of the molecule is CCNC(=O)COc1cccc(NC(=O)C(NC(=O)c2ccccc2Cl)C(C)C)c1. The molecule has 8 heteroatoms. The lowest BCUT2D eigenvalue weighted by Crippen LogP contribution is -2.47. The number of nitrogens with one attached hydrogen (secondary N) is 3. The fourth-order valence-corrected chi connectivity index (χ4v) is 2.90. The van der Waals surface area contributed by atoms with Gasteiger partial charge >= 0.3 is 0 Å². The van der Waals surface area contributed by atoms with Crippen LogP contribution in [0.5, 0.6) is 5.75 Å². The van der Waals surface area contributed by atoms with Crippen molar-refractivity contribution in [2.24, 2.45) is 5.92 Å². The van der Waals surface area contributed by atoms with Crippen LogP contribution in [0.15, 0.2) is 48.5 Å². The maximum atomic E-state index is 12.8. The van der Waals surface area contributed by atoms with E-state index >= 15 is 0 Å². The first-order valence-corrected chi connectivity index (χ1v) is 10.1. The summed E-state index contributed by atoms with van der Waals surface area (Å²) in [5.74, 6) is -0.734. The van der Waals surface area contributed by atoms with Crippen LogP contribution in [0.4, 0.5) is 5.69 Å². The van der Waals surface area contributed by atoms with E-state index in [4.69, 9.17) is 16.3 Å². The van der Waals surface area contributed by atoms with Crippen LogP contribution in [-0.4, -0.2) is 36.9 Å². The van der Waals surface area contributed by atoms with Crippen LogP contribution >= 0.6 is 11.6 Å². The zero-order valence-electron chi connectivity index (χ0n) is 17.2. The van der Waals surface area contributed by atoms with Gasteiger partial charge in [0.15, 0.2) is 6.61 Å². The Morgan fingerprint density at radius 1 is 1.07 bits per heavy atom. The summed E-state index contributed by atoms with van der Waals surface area (Å²) in [5, 5.41) is 8.48. The zero-order valence-corrected chi connectivity index (χ0v) is 18.0. The average Bonchev–Trinajstić information content (AvgIpc) is 2.71. The molecule has 2 aromatic rings. The summed E-state index contributed by atoms with van der Waals surface area (Å²) in [6, 6.07) is 12.6. The van der Waals surface area contributed by atoms with Crippen molar-refractivity contribution < 1.29 is 19.1 Å². The average molecular weight is 432 g/mol. The summed E-state index contributed by atoms with van der Waals surface area (Å²) in [7, 11) is 0. The molecule has 1 unspecified atom stereocenters. The number of hydrogen-bond acceptors (Lipinski definition) is 4. The van der Waals surface area contributed by atoms with Crippen LogP contribution in [0.1, 0.15) is 31.1 Å². The van der Waals surface area contributed by atoms with Gasteiger partial charge in [-0.1, -0.05) is 43.6 Å². The van der Waals surface area contributed by atoms with E-state index in [-0.39, 0.29) is 24.3 Å². The van der Waals surface area contributed by atoms with Gasteiger partial charge in [-0.05, 0) is 37.1 Å². The number of rotatable bonds is 9. The molecule has 7 nitrogen and oxygen atoms in total. The smallest absolute Gasteiger partial charge is 0.257 e. The Balaban J connectivity index is 2.04. The van der Waals surface area contributed by atoms with E-state index in [2.05, 4.69) is 16.0 Å². The topological polar surface area (TPSA) is 96.5 Å². The summed E-state index contributed by atoms with van der Waals surface area (Å²) < 4.78 is 5.44. The van der Waals surface area contributed by atoms with Gasteiger partial charge in [-0.2, -0.15) is 0 Å². The number of amides is 3. The Bertz CT molecular complexity index is 901. The molecule has 0 saturated carbocycles. The molecule has 3 amide bonds. The van der Waals surface area contributed by atoms with Gasteiger partial charge in [-0.25, -0.2) is 0 Å². The molecule has 0 spiro atoms. The van der Waals surface area contributed by atoms with Gasteiger partial charge in [0, 0.05) is 18.3 Å². The number of likely N-dealkylation sites (N-methyl/N-ethyl adjacent to an activating group) is 1. The number of carbonyl (C=O) groups is 3. The van der Waals surface area contributed by atoms with Crippen molar-refractivity contribution in [1.82, 2.24) is 10.6 Å². The van der Waals surface area contributed by atoms with E-state index in [1.165, 1.54) is 0 Å². The third kappa shape index (κ3) is 6.77. The molecule has 1 atom stereocenters. The second-order valence-corrected chi connectivity index (χ2v) is 7.34. The number of benzene rings is 2. The second-order valence-electron chi connectivity index (χ2n) is 6.93. The maximum absolute atomic E-state index is 12.8. The lowest BCUT2D eigenvalue weighted by molar-refractivity contribution is -0.123. The molecule has 0 saturated heterocycles. The van der Waals surface area contributed by atoms with Crippen LogP contribution in [0.3, 0.4) is 0 Å². The van der Waals surface area contributed by atoms with Gasteiger partial charge in [-0.15, -0.1) is 0 Å². The van der Waals surface area contributed by atoms with Gasteiger partial charge in [0.1, 0.15) is 11.8 Å². The van der Waals surface area contributed by atoms with E-state index in [9.17, 15) is 14.4 Å². The van der Waals surface area contributed by atoms with Crippen molar-refractivity contribution in [3.63, 3.8) is 0 Å².